The smallest absolute Gasteiger partial charge is 0.330 e. The minimum absolute atomic E-state index is 0.0519. The van der Waals surface area contributed by atoms with Crippen molar-refractivity contribution in [2.45, 2.75) is 69.4 Å². The molecular weight excluding hydrogens is 292 g/mol. The van der Waals surface area contributed by atoms with E-state index in [2.05, 4.69) is 16.3 Å². The highest BCUT2D eigenvalue weighted by molar-refractivity contribution is 5.92. The summed E-state index contributed by atoms with van der Waals surface area (Å²) in [7, 11) is 0. The van der Waals surface area contributed by atoms with Crippen LogP contribution >= 0.6 is 0 Å². The predicted octanol–water partition coefficient (Wildman–Crippen LogP) is 2.32. The van der Waals surface area contributed by atoms with Crippen molar-refractivity contribution in [1.82, 2.24) is 10.2 Å². The van der Waals surface area contributed by atoms with Crippen LogP contribution in [-0.4, -0.2) is 46.6 Å². The highest BCUT2D eigenvalue weighted by Crippen LogP contribution is 2.45. The second-order valence-corrected chi connectivity index (χ2v) is 7.25. The molecular formula is C18H28N2O3. The average molecular weight is 320 g/mol. The van der Waals surface area contributed by atoms with Crippen LogP contribution < -0.4 is 5.32 Å². The summed E-state index contributed by atoms with van der Waals surface area (Å²) < 4.78 is 0. The van der Waals surface area contributed by atoms with Crippen LogP contribution in [0.4, 0.5) is 0 Å². The van der Waals surface area contributed by atoms with E-state index in [1.807, 2.05) is 6.08 Å². The van der Waals surface area contributed by atoms with E-state index in [0.717, 1.165) is 38.8 Å². The quantitative estimate of drug-likeness (QED) is 0.728. The van der Waals surface area contributed by atoms with Crippen LogP contribution in [0.1, 0.15) is 57.8 Å². The number of allylic oxidation sites excluding steroid dienone is 1. The van der Waals surface area contributed by atoms with Crippen molar-refractivity contribution < 1.29 is 14.7 Å². The van der Waals surface area contributed by atoms with E-state index in [0.29, 0.717) is 6.42 Å². The van der Waals surface area contributed by atoms with E-state index in [4.69, 9.17) is 0 Å². The number of nitrogens with one attached hydrogen (secondary N) is 1. The zero-order valence-electron chi connectivity index (χ0n) is 13.8. The van der Waals surface area contributed by atoms with E-state index in [9.17, 15) is 14.7 Å². The van der Waals surface area contributed by atoms with Gasteiger partial charge >= 0.3 is 5.97 Å². The lowest BCUT2D eigenvalue weighted by Crippen LogP contribution is -2.52. The molecule has 2 aliphatic heterocycles. The molecule has 3 atom stereocenters. The van der Waals surface area contributed by atoms with E-state index in [1.54, 1.807) is 0 Å². The monoisotopic (exact) mass is 320 g/mol. The summed E-state index contributed by atoms with van der Waals surface area (Å²) in [6.45, 7) is 1.92. The van der Waals surface area contributed by atoms with Crippen molar-refractivity contribution in [3.8, 4) is 0 Å². The van der Waals surface area contributed by atoms with E-state index >= 15 is 0 Å². The summed E-state index contributed by atoms with van der Waals surface area (Å²) in [5, 5.41) is 12.5. The molecule has 1 saturated carbocycles. The molecule has 0 aromatic carbocycles. The number of amides is 1. The first-order valence-corrected chi connectivity index (χ1v) is 9.09. The van der Waals surface area contributed by atoms with Crippen LogP contribution in [0.5, 0.6) is 0 Å². The molecule has 5 heteroatoms. The summed E-state index contributed by atoms with van der Waals surface area (Å²) >= 11 is 0. The summed E-state index contributed by atoms with van der Waals surface area (Å²) in [4.78, 5) is 26.6. The van der Waals surface area contributed by atoms with E-state index in [1.165, 1.54) is 25.7 Å². The molecule has 2 fully saturated rings. The lowest BCUT2D eigenvalue weighted by molar-refractivity contribution is -0.144. The molecule has 2 N–H and O–H groups in total. The van der Waals surface area contributed by atoms with Crippen molar-refractivity contribution in [3.63, 3.8) is 0 Å². The average Bonchev–Trinajstić information content (AvgIpc) is 3.01. The molecule has 3 aliphatic rings. The highest BCUT2D eigenvalue weighted by Gasteiger charge is 2.61. The number of hydrogen-bond acceptors (Lipinski definition) is 3. The summed E-state index contributed by atoms with van der Waals surface area (Å²) in [5.74, 6) is -1.03. The Hall–Kier alpha value is -1.36. The van der Waals surface area contributed by atoms with Gasteiger partial charge in [0.2, 0.25) is 5.91 Å². The van der Waals surface area contributed by atoms with Crippen LogP contribution in [0.25, 0.3) is 0 Å². The Labute approximate surface area is 138 Å². The summed E-state index contributed by atoms with van der Waals surface area (Å²) in [6.07, 6.45) is 13.5. The zero-order valence-corrected chi connectivity index (χ0v) is 13.8. The van der Waals surface area contributed by atoms with Gasteiger partial charge in [-0.1, -0.05) is 31.4 Å². The van der Waals surface area contributed by atoms with Crippen LogP contribution in [0.2, 0.25) is 0 Å². The van der Waals surface area contributed by atoms with Gasteiger partial charge in [0, 0.05) is 5.92 Å². The van der Waals surface area contributed by atoms with Gasteiger partial charge in [0.1, 0.15) is 5.54 Å². The zero-order chi connectivity index (χ0) is 16.3. The number of aliphatic carboxylic acids is 1. The van der Waals surface area contributed by atoms with Crippen LogP contribution in [-0.2, 0) is 9.59 Å². The van der Waals surface area contributed by atoms with Gasteiger partial charge in [-0.05, 0) is 51.6 Å². The second-order valence-electron chi connectivity index (χ2n) is 7.25. The Balaban J connectivity index is 1.72. The Morgan fingerprint density at radius 2 is 1.91 bits per heavy atom. The number of rotatable bonds is 1. The standard InChI is InChI=1S/C18H28N2O3/c21-16-15-10-8-12-20(15)11-7-5-3-1-2-4-6-9-14-13-18(14,19-16)17(22)23/h6,9,14-15H,1-5,7-8,10-13H2,(H,19,21)(H,22,23)/b9-6-. The fraction of sp³-hybridized carbons (Fsp3) is 0.778. The van der Waals surface area contributed by atoms with Crippen molar-refractivity contribution in [2.75, 3.05) is 13.1 Å². The molecule has 0 aromatic rings. The maximum atomic E-state index is 12.6. The Morgan fingerprint density at radius 3 is 2.74 bits per heavy atom. The molecule has 128 valence electrons. The van der Waals surface area contributed by atoms with Crippen LogP contribution in [0.15, 0.2) is 12.2 Å². The van der Waals surface area contributed by atoms with Gasteiger partial charge in [0.25, 0.3) is 0 Å². The van der Waals surface area contributed by atoms with Gasteiger partial charge in [-0.15, -0.1) is 0 Å². The summed E-state index contributed by atoms with van der Waals surface area (Å²) in [5.41, 5.74) is -1.05. The molecule has 1 saturated heterocycles. The van der Waals surface area contributed by atoms with Gasteiger partial charge in [0.05, 0.1) is 6.04 Å². The van der Waals surface area contributed by atoms with Crippen molar-refractivity contribution in [2.24, 2.45) is 5.92 Å². The molecule has 1 amide bonds. The first kappa shape index (κ1) is 16.5. The second kappa shape index (κ2) is 7.04. The van der Waals surface area contributed by atoms with Gasteiger partial charge in [-0.25, -0.2) is 4.79 Å². The topological polar surface area (TPSA) is 69.6 Å². The SMILES string of the molecule is O=C1NC2(C(=O)O)CC2/C=C\CCCCCCCN2CCCC12. The molecule has 23 heavy (non-hydrogen) atoms. The number of carbonyl (C=O) groups is 2. The number of carbonyl (C=O) groups excluding carboxylic acids is 1. The summed E-state index contributed by atoms with van der Waals surface area (Å²) in [6, 6.07) is -0.137. The van der Waals surface area contributed by atoms with Gasteiger partial charge in [0.15, 0.2) is 0 Å². The number of nitrogens with zero attached hydrogens (tertiary/aromatic N) is 1. The molecule has 0 radical (unpaired) electrons. The third kappa shape index (κ3) is 3.60. The Bertz CT molecular complexity index is 491. The highest BCUT2D eigenvalue weighted by atomic mass is 16.4. The number of hydrogen-bond donors (Lipinski definition) is 2. The van der Waals surface area contributed by atoms with Crippen molar-refractivity contribution in [1.29, 1.82) is 0 Å². The minimum Gasteiger partial charge on any atom is -0.479 e. The van der Waals surface area contributed by atoms with E-state index in [-0.39, 0.29) is 17.9 Å². The molecule has 0 spiro atoms. The maximum absolute atomic E-state index is 12.6. The van der Waals surface area contributed by atoms with Crippen molar-refractivity contribution in [3.05, 3.63) is 12.2 Å². The Morgan fingerprint density at radius 1 is 1.17 bits per heavy atom. The molecule has 3 rings (SSSR count). The molecule has 0 bridgehead atoms. The molecule has 5 nitrogen and oxygen atoms in total. The Kier molecular flexibility index (Phi) is 5.05. The fourth-order valence-electron chi connectivity index (χ4n) is 4.03. The maximum Gasteiger partial charge on any atom is 0.330 e. The number of carboxylic acid groups (broad SMARTS) is 1. The van der Waals surface area contributed by atoms with E-state index < -0.39 is 11.5 Å². The van der Waals surface area contributed by atoms with Gasteiger partial charge < -0.3 is 10.4 Å². The molecule has 1 aliphatic carbocycles. The lowest BCUT2D eigenvalue weighted by atomic mass is 10.1. The molecule has 0 aromatic heterocycles. The predicted molar refractivity (Wildman–Crippen MR) is 88.1 cm³/mol. The normalized spacial score (nSPS) is 37.7. The third-order valence-electron chi connectivity index (χ3n) is 5.59. The fourth-order valence-corrected chi connectivity index (χ4v) is 4.03. The lowest BCUT2D eigenvalue weighted by Gasteiger charge is -2.25. The molecule has 3 unspecified atom stereocenters. The van der Waals surface area contributed by atoms with Crippen LogP contribution in [0, 0.1) is 5.92 Å². The van der Waals surface area contributed by atoms with Gasteiger partial charge in [-0.2, -0.15) is 0 Å². The van der Waals surface area contributed by atoms with Crippen LogP contribution in [0.3, 0.4) is 0 Å². The largest absolute Gasteiger partial charge is 0.479 e. The minimum atomic E-state index is -1.05. The first-order valence-electron chi connectivity index (χ1n) is 9.09. The first-order chi connectivity index (χ1) is 11.1. The van der Waals surface area contributed by atoms with Gasteiger partial charge in [-0.3, -0.25) is 9.69 Å². The number of carboxylic acids is 1. The third-order valence-corrected chi connectivity index (χ3v) is 5.59. The van der Waals surface area contributed by atoms with Crippen molar-refractivity contribution >= 4 is 11.9 Å². The molecule has 2 heterocycles. The number of fused-ring (bicyclic) bond motifs is 2.